The fraction of sp³-hybridized carbons (Fsp3) is 0.304. The summed E-state index contributed by atoms with van der Waals surface area (Å²) in [4.78, 5) is 14.5. The topological polar surface area (TPSA) is 75.9 Å². The van der Waals surface area contributed by atoms with E-state index in [-0.39, 0.29) is 24.5 Å². The van der Waals surface area contributed by atoms with Gasteiger partial charge in [-0.25, -0.2) is 0 Å². The van der Waals surface area contributed by atoms with Crippen molar-refractivity contribution in [2.45, 2.75) is 39.8 Å². The van der Waals surface area contributed by atoms with Gasteiger partial charge in [0.25, 0.3) is 5.95 Å². The molecule has 4 rings (SSSR count). The van der Waals surface area contributed by atoms with Crippen molar-refractivity contribution in [3.63, 3.8) is 0 Å². The van der Waals surface area contributed by atoms with E-state index >= 15 is 0 Å². The first-order chi connectivity index (χ1) is 14.4. The van der Waals surface area contributed by atoms with E-state index in [0.29, 0.717) is 5.95 Å². The van der Waals surface area contributed by atoms with E-state index in [1.165, 1.54) is 11.1 Å². The predicted octanol–water partition coefficient (Wildman–Crippen LogP) is 3.27. The number of nitrogens with zero attached hydrogens (tertiary/aromatic N) is 5. The first-order valence-electron chi connectivity index (χ1n) is 10.1. The third-order valence-electron chi connectivity index (χ3n) is 5.10. The van der Waals surface area contributed by atoms with Crippen LogP contribution in [-0.4, -0.2) is 38.7 Å². The average Bonchev–Trinajstić information content (AvgIpc) is 3.19. The minimum Gasteiger partial charge on any atom is -0.352 e. The monoisotopic (exact) mass is 402 g/mol. The number of carbonyl (C=O) groups is 1. The van der Waals surface area contributed by atoms with E-state index < -0.39 is 0 Å². The zero-order valence-electron chi connectivity index (χ0n) is 17.7. The molecule has 1 atom stereocenters. The number of rotatable bonds is 5. The maximum atomic E-state index is 12.6. The molecule has 154 valence electrons. The molecule has 3 aromatic rings. The third-order valence-corrected chi connectivity index (χ3v) is 5.10. The fourth-order valence-electron chi connectivity index (χ4n) is 3.61. The Hall–Kier alpha value is -3.48. The second kappa shape index (κ2) is 8.10. The van der Waals surface area contributed by atoms with E-state index in [2.05, 4.69) is 89.3 Å². The van der Waals surface area contributed by atoms with Gasteiger partial charge >= 0.3 is 0 Å². The van der Waals surface area contributed by atoms with Crippen molar-refractivity contribution < 1.29 is 4.79 Å². The molecule has 0 bridgehead atoms. The molecule has 1 aromatic heterocycles. The molecule has 1 N–H and O–H groups in total. The maximum Gasteiger partial charge on any atom is 0.251 e. The van der Waals surface area contributed by atoms with Gasteiger partial charge in [0.1, 0.15) is 12.6 Å². The molecule has 0 saturated carbocycles. The van der Waals surface area contributed by atoms with Gasteiger partial charge in [0.2, 0.25) is 5.91 Å². The highest BCUT2D eigenvalue weighted by atomic mass is 16.2. The van der Waals surface area contributed by atoms with Gasteiger partial charge in [0.05, 0.1) is 5.70 Å². The van der Waals surface area contributed by atoms with Crippen LogP contribution in [0.4, 0.5) is 5.95 Å². The molecule has 2 heterocycles. The molecular weight excluding hydrogens is 376 g/mol. The lowest BCUT2D eigenvalue weighted by Crippen LogP contribution is -2.42. The van der Waals surface area contributed by atoms with Crippen LogP contribution >= 0.6 is 0 Å². The van der Waals surface area contributed by atoms with Crippen molar-refractivity contribution in [2.24, 2.45) is 0 Å². The molecule has 30 heavy (non-hydrogen) atoms. The summed E-state index contributed by atoms with van der Waals surface area (Å²) < 4.78 is 1.77. The SMILES string of the molecule is Cc1ccc(C2=C[C@H](c3ccc(C)cc3)n3nnnc3N2CC(=O)NC(C)C)cc1. The fourth-order valence-corrected chi connectivity index (χ4v) is 3.61. The van der Waals surface area contributed by atoms with Crippen molar-refractivity contribution in [3.05, 3.63) is 76.9 Å². The van der Waals surface area contributed by atoms with Gasteiger partial charge in [-0.05, 0) is 55.3 Å². The summed E-state index contributed by atoms with van der Waals surface area (Å²) in [7, 11) is 0. The first-order valence-corrected chi connectivity index (χ1v) is 10.1. The Labute approximate surface area is 176 Å². The summed E-state index contributed by atoms with van der Waals surface area (Å²) in [5.41, 5.74) is 5.40. The molecular formula is C23H26N6O. The Balaban J connectivity index is 1.80. The van der Waals surface area contributed by atoms with Crippen LogP contribution in [0.25, 0.3) is 5.70 Å². The van der Waals surface area contributed by atoms with Gasteiger partial charge < -0.3 is 5.32 Å². The van der Waals surface area contributed by atoms with Gasteiger partial charge in [-0.1, -0.05) is 64.8 Å². The number of anilines is 1. The number of amides is 1. The molecule has 0 aliphatic carbocycles. The molecule has 0 radical (unpaired) electrons. The molecule has 0 fully saturated rings. The van der Waals surface area contributed by atoms with Gasteiger partial charge in [-0.2, -0.15) is 4.68 Å². The Morgan fingerprint density at radius 1 is 1.03 bits per heavy atom. The van der Waals surface area contributed by atoms with Crippen LogP contribution in [0.1, 0.15) is 42.1 Å². The Kier molecular flexibility index (Phi) is 5.35. The zero-order valence-corrected chi connectivity index (χ0v) is 17.7. The summed E-state index contributed by atoms with van der Waals surface area (Å²) in [6.45, 7) is 8.15. The van der Waals surface area contributed by atoms with E-state index in [4.69, 9.17) is 0 Å². The highest BCUT2D eigenvalue weighted by Gasteiger charge is 2.31. The quantitative estimate of drug-likeness (QED) is 0.709. The van der Waals surface area contributed by atoms with Gasteiger partial charge in [0.15, 0.2) is 0 Å². The standard InChI is InChI=1S/C23H26N6O/c1-15(2)24-22(30)14-28-20(18-9-5-16(3)6-10-18)13-21(29-23(28)25-26-27-29)19-11-7-17(4)8-12-19/h5-13,15,21H,14H2,1-4H3,(H,24,30)/t21-/m1/s1. The normalized spacial score (nSPS) is 15.7. The number of tetrazole rings is 1. The molecule has 7 nitrogen and oxygen atoms in total. The number of fused-ring (bicyclic) bond motifs is 1. The van der Waals surface area contributed by atoms with Crippen LogP contribution in [0.15, 0.2) is 54.6 Å². The van der Waals surface area contributed by atoms with Crippen molar-refractivity contribution in [3.8, 4) is 0 Å². The molecule has 0 spiro atoms. The Bertz CT molecular complexity index is 1070. The largest absolute Gasteiger partial charge is 0.352 e. The van der Waals surface area contributed by atoms with Gasteiger partial charge in [-0.15, -0.1) is 0 Å². The smallest absolute Gasteiger partial charge is 0.251 e. The number of benzene rings is 2. The number of hydrogen-bond acceptors (Lipinski definition) is 5. The summed E-state index contributed by atoms with van der Waals surface area (Å²) in [5, 5.41) is 15.4. The lowest BCUT2D eigenvalue weighted by atomic mass is 9.99. The molecule has 0 saturated heterocycles. The minimum atomic E-state index is -0.156. The van der Waals surface area contributed by atoms with E-state index in [0.717, 1.165) is 16.8 Å². The van der Waals surface area contributed by atoms with Gasteiger partial charge in [-0.3, -0.25) is 9.69 Å². The zero-order chi connectivity index (χ0) is 21.3. The number of carbonyl (C=O) groups excluding carboxylic acids is 1. The molecule has 1 amide bonds. The maximum absolute atomic E-state index is 12.6. The van der Waals surface area contributed by atoms with Crippen LogP contribution in [-0.2, 0) is 4.79 Å². The van der Waals surface area contributed by atoms with Crippen molar-refractivity contribution >= 4 is 17.6 Å². The first kappa shape index (κ1) is 19.8. The van der Waals surface area contributed by atoms with Crippen LogP contribution in [0.2, 0.25) is 0 Å². The molecule has 2 aromatic carbocycles. The number of aromatic nitrogens is 4. The van der Waals surface area contributed by atoms with Crippen LogP contribution < -0.4 is 10.2 Å². The summed E-state index contributed by atoms with van der Waals surface area (Å²) in [6, 6.07) is 16.5. The lowest BCUT2D eigenvalue weighted by Gasteiger charge is -2.32. The molecule has 0 unspecified atom stereocenters. The van der Waals surface area contributed by atoms with Crippen LogP contribution in [0.5, 0.6) is 0 Å². The van der Waals surface area contributed by atoms with Crippen LogP contribution in [0.3, 0.4) is 0 Å². The predicted molar refractivity (Wildman–Crippen MR) is 117 cm³/mol. The lowest BCUT2D eigenvalue weighted by molar-refractivity contribution is -0.120. The minimum absolute atomic E-state index is 0.0606. The third kappa shape index (κ3) is 3.96. The Morgan fingerprint density at radius 3 is 2.30 bits per heavy atom. The Morgan fingerprint density at radius 2 is 1.67 bits per heavy atom. The molecule has 1 aliphatic heterocycles. The van der Waals surface area contributed by atoms with E-state index in [9.17, 15) is 4.79 Å². The van der Waals surface area contributed by atoms with Gasteiger partial charge in [0, 0.05) is 6.04 Å². The number of allylic oxidation sites excluding steroid dienone is 1. The summed E-state index contributed by atoms with van der Waals surface area (Å²) in [5.74, 6) is 0.476. The molecule has 7 heteroatoms. The van der Waals surface area contributed by atoms with Crippen LogP contribution in [0, 0.1) is 13.8 Å². The highest BCUT2D eigenvalue weighted by Crippen LogP contribution is 2.36. The number of aryl methyl sites for hydroxylation is 2. The summed E-state index contributed by atoms with van der Waals surface area (Å²) in [6.07, 6.45) is 2.13. The summed E-state index contributed by atoms with van der Waals surface area (Å²) >= 11 is 0. The molecule has 1 aliphatic rings. The number of hydrogen-bond donors (Lipinski definition) is 1. The second-order valence-electron chi connectivity index (χ2n) is 8.01. The van der Waals surface area contributed by atoms with Crippen molar-refractivity contribution in [2.75, 3.05) is 11.4 Å². The van der Waals surface area contributed by atoms with E-state index in [1.807, 2.05) is 18.7 Å². The van der Waals surface area contributed by atoms with E-state index in [1.54, 1.807) is 4.68 Å². The number of nitrogens with one attached hydrogen (secondary N) is 1. The average molecular weight is 403 g/mol. The van der Waals surface area contributed by atoms with Crippen molar-refractivity contribution in [1.82, 2.24) is 25.5 Å². The highest BCUT2D eigenvalue weighted by molar-refractivity contribution is 5.89. The second-order valence-corrected chi connectivity index (χ2v) is 8.01. The van der Waals surface area contributed by atoms with Crippen molar-refractivity contribution in [1.29, 1.82) is 0 Å².